The Kier molecular flexibility index (Phi) is 2.22. The SMILES string of the molecule is O=C1NCCN1N=C1C=CC(Br)O1. The summed E-state index contributed by atoms with van der Waals surface area (Å²) in [4.78, 5) is 11.1. The van der Waals surface area contributed by atoms with Crippen LogP contribution in [0.2, 0.25) is 0 Å². The molecule has 0 bridgehead atoms. The highest BCUT2D eigenvalue weighted by Crippen LogP contribution is 2.13. The van der Waals surface area contributed by atoms with Gasteiger partial charge in [0.1, 0.15) is 0 Å². The van der Waals surface area contributed by atoms with Crippen LogP contribution < -0.4 is 5.32 Å². The lowest BCUT2D eigenvalue weighted by Gasteiger charge is -2.07. The zero-order valence-corrected chi connectivity index (χ0v) is 8.32. The smallest absolute Gasteiger partial charge is 0.338 e. The molecule has 2 aliphatic rings. The third-order valence-corrected chi connectivity index (χ3v) is 2.17. The minimum absolute atomic E-state index is 0.128. The molecule has 0 saturated carbocycles. The number of alkyl halides is 1. The second-order valence-corrected chi connectivity index (χ2v) is 3.52. The van der Waals surface area contributed by atoms with Crippen molar-refractivity contribution in [2.75, 3.05) is 13.1 Å². The molecule has 13 heavy (non-hydrogen) atoms. The maximum atomic E-state index is 11.1. The molecule has 0 spiro atoms. The maximum Gasteiger partial charge on any atom is 0.338 e. The summed E-state index contributed by atoms with van der Waals surface area (Å²) >= 11 is 3.23. The van der Waals surface area contributed by atoms with Crippen LogP contribution in [0.25, 0.3) is 0 Å². The van der Waals surface area contributed by atoms with Gasteiger partial charge in [0.25, 0.3) is 0 Å². The molecule has 2 heterocycles. The quantitative estimate of drug-likeness (QED) is 0.690. The minimum Gasteiger partial charge on any atom is -0.457 e. The number of rotatable bonds is 1. The van der Waals surface area contributed by atoms with Gasteiger partial charge in [-0.05, 0) is 22.0 Å². The van der Waals surface area contributed by atoms with Gasteiger partial charge in [-0.1, -0.05) is 0 Å². The number of urea groups is 1. The van der Waals surface area contributed by atoms with Crippen LogP contribution in [-0.4, -0.2) is 35.0 Å². The lowest BCUT2D eigenvalue weighted by Crippen LogP contribution is -2.24. The highest BCUT2D eigenvalue weighted by Gasteiger charge is 2.21. The van der Waals surface area contributed by atoms with Gasteiger partial charge in [-0.3, -0.25) is 0 Å². The molecule has 0 aromatic carbocycles. The fraction of sp³-hybridized carbons (Fsp3) is 0.429. The zero-order chi connectivity index (χ0) is 9.26. The van der Waals surface area contributed by atoms with Gasteiger partial charge >= 0.3 is 6.03 Å². The fourth-order valence-electron chi connectivity index (χ4n) is 1.08. The van der Waals surface area contributed by atoms with E-state index < -0.39 is 0 Å². The van der Waals surface area contributed by atoms with Crippen molar-refractivity contribution in [2.24, 2.45) is 5.10 Å². The third-order valence-electron chi connectivity index (χ3n) is 1.68. The van der Waals surface area contributed by atoms with Gasteiger partial charge in [-0.25, -0.2) is 9.80 Å². The van der Waals surface area contributed by atoms with Gasteiger partial charge < -0.3 is 10.1 Å². The Morgan fingerprint density at radius 3 is 3.15 bits per heavy atom. The number of hydrogen-bond acceptors (Lipinski definition) is 3. The van der Waals surface area contributed by atoms with Crippen LogP contribution in [0.1, 0.15) is 0 Å². The van der Waals surface area contributed by atoms with Crippen LogP contribution in [-0.2, 0) is 4.74 Å². The first kappa shape index (κ1) is 8.55. The van der Waals surface area contributed by atoms with Crippen LogP contribution in [0.15, 0.2) is 17.3 Å². The van der Waals surface area contributed by atoms with Gasteiger partial charge in [0.15, 0.2) is 5.01 Å². The van der Waals surface area contributed by atoms with Gasteiger partial charge in [-0.15, -0.1) is 5.10 Å². The predicted molar refractivity (Wildman–Crippen MR) is 50.5 cm³/mol. The molecule has 0 aromatic heterocycles. The molecule has 1 atom stereocenters. The summed E-state index contributed by atoms with van der Waals surface area (Å²) in [5.41, 5.74) is 0. The summed E-state index contributed by atoms with van der Waals surface area (Å²) in [7, 11) is 0. The summed E-state index contributed by atoms with van der Waals surface area (Å²) in [6.45, 7) is 1.23. The van der Waals surface area contributed by atoms with Crippen LogP contribution in [0.3, 0.4) is 0 Å². The first-order valence-electron chi connectivity index (χ1n) is 3.88. The Hall–Kier alpha value is -1.04. The van der Waals surface area contributed by atoms with Crippen molar-refractivity contribution in [1.29, 1.82) is 0 Å². The largest absolute Gasteiger partial charge is 0.457 e. The molecule has 5 nitrogen and oxygen atoms in total. The van der Waals surface area contributed by atoms with Crippen molar-refractivity contribution in [3.05, 3.63) is 12.2 Å². The zero-order valence-electron chi connectivity index (χ0n) is 6.74. The Morgan fingerprint density at radius 2 is 2.62 bits per heavy atom. The number of carbonyl (C=O) groups is 1. The number of carbonyl (C=O) groups excluding carboxylic acids is 1. The number of halogens is 1. The average molecular weight is 246 g/mol. The van der Waals surface area contributed by atoms with Crippen molar-refractivity contribution in [3.8, 4) is 0 Å². The fourth-order valence-corrected chi connectivity index (χ4v) is 1.43. The van der Waals surface area contributed by atoms with Crippen LogP contribution >= 0.6 is 15.9 Å². The van der Waals surface area contributed by atoms with Crippen molar-refractivity contribution in [3.63, 3.8) is 0 Å². The second kappa shape index (κ2) is 3.37. The summed E-state index contributed by atoms with van der Waals surface area (Å²) in [5.74, 6) is 0.457. The molecular formula is C7H8BrN3O2. The van der Waals surface area contributed by atoms with Crippen LogP contribution in [0.5, 0.6) is 0 Å². The molecule has 2 aliphatic heterocycles. The maximum absolute atomic E-state index is 11.1. The van der Waals surface area contributed by atoms with E-state index in [9.17, 15) is 4.79 Å². The molecular weight excluding hydrogens is 238 g/mol. The number of nitrogens with one attached hydrogen (secondary N) is 1. The summed E-state index contributed by atoms with van der Waals surface area (Å²) in [5, 5.41) is 7.87. The van der Waals surface area contributed by atoms with Crippen molar-refractivity contribution < 1.29 is 9.53 Å². The second-order valence-electron chi connectivity index (χ2n) is 2.62. The third kappa shape index (κ3) is 1.82. The van der Waals surface area contributed by atoms with Gasteiger partial charge in [0.2, 0.25) is 5.90 Å². The molecule has 70 valence electrons. The normalized spacial score (nSPS) is 29.6. The van der Waals surface area contributed by atoms with Crippen LogP contribution in [0.4, 0.5) is 4.79 Å². The standard InChI is InChI=1S/C7H8BrN3O2/c8-5-1-2-6(13-5)10-11-4-3-9-7(11)12/h1-2,5H,3-4H2,(H,9,12). The Morgan fingerprint density at radius 1 is 1.77 bits per heavy atom. The van der Waals surface area contributed by atoms with E-state index in [4.69, 9.17) is 4.74 Å². The minimum atomic E-state index is -0.178. The highest BCUT2D eigenvalue weighted by atomic mass is 79.9. The van der Waals surface area contributed by atoms with E-state index in [2.05, 4.69) is 26.3 Å². The predicted octanol–water partition coefficient (Wildman–Crippen LogP) is 0.633. The average Bonchev–Trinajstić information content (AvgIpc) is 2.64. The first-order chi connectivity index (χ1) is 6.25. The number of ether oxygens (including phenoxy) is 1. The van der Waals surface area contributed by atoms with E-state index >= 15 is 0 Å². The molecule has 1 saturated heterocycles. The topological polar surface area (TPSA) is 53.9 Å². The molecule has 2 amide bonds. The van der Waals surface area contributed by atoms with Crippen molar-refractivity contribution >= 4 is 27.9 Å². The molecule has 2 rings (SSSR count). The lowest BCUT2D eigenvalue weighted by atomic mass is 10.6. The van der Waals surface area contributed by atoms with Crippen molar-refractivity contribution in [1.82, 2.24) is 10.3 Å². The summed E-state index contributed by atoms with van der Waals surface area (Å²) in [6, 6.07) is -0.178. The van der Waals surface area contributed by atoms with E-state index in [0.717, 1.165) is 0 Å². The number of nitrogens with zero attached hydrogens (tertiary/aromatic N) is 2. The van der Waals surface area contributed by atoms with Gasteiger partial charge in [0.05, 0.1) is 6.54 Å². The molecule has 1 unspecified atom stereocenters. The molecule has 6 heteroatoms. The summed E-state index contributed by atoms with van der Waals surface area (Å²) < 4.78 is 5.21. The molecule has 0 radical (unpaired) electrons. The van der Waals surface area contributed by atoms with Gasteiger partial charge in [-0.2, -0.15) is 0 Å². The Labute approximate surface area is 83.5 Å². The first-order valence-corrected chi connectivity index (χ1v) is 4.80. The van der Waals surface area contributed by atoms with E-state index in [1.165, 1.54) is 5.01 Å². The molecule has 0 aromatic rings. The monoisotopic (exact) mass is 245 g/mol. The number of hydrogen-bond donors (Lipinski definition) is 1. The van der Waals surface area contributed by atoms with Crippen LogP contribution in [0, 0.1) is 0 Å². The highest BCUT2D eigenvalue weighted by molar-refractivity contribution is 9.09. The Bertz CT molecular complexity index is 289. The van der Waals surface area contributed by atoms with Crippen molar-refractivity contribution in [2.45, 2.75) is 5.01 Å². The molecule has 1 N–H and O–H groups in total. The van der Waals surface area contributed by atoms with E-state index in [-0.39, 0.29) is 11.0 Å². The molecule has 0 aliphatic carbocycles. The Balaban J connectivity index is 2.04. The lowest BCUT2D eigenvalue weighted by molar-refractivity contribution is 0.216. The summed E-state index contributed by atoms with van der Waals surface area (Å²) in [6.07, 6.45) is 3.54. The molecule has 1 fully saturated rings. The number of hydrazone groups is 1. The van der Waals surface area contributed by atoms with Gasteiger partial charge in [0, 0.05) is 12.6 Å². The van der Waals surface area contributed by atoms with E-state index in [1.54, 1.807) is 6.08 Å². The van der Waals surface area contributed by atoms with E-state index in [1.807, 2.05) is 6.08 Å². The van der Waals surface area contributed by atoms with E-state index in [0.29, 0.717) is 19.0 Å². The number of amides is 2.